The molecule has 2 N–H and O–H groups in total. The van der Waals surface area contributed by atoms with Crippen LogP contribution >= 0.6 is 43.6 Å². The van der Waals surface area contributed by atoms with Gasteiger partial charge in [0.25, 0.3) is 5.91 Å². The van der Waals surface area contributed by atoms with Gasteiger partial charge in [-0.15, -0.1) is 0 Å². The van der Waals surface area contributed by atoms with Gasteiger partial charge in [-0.1, -0.05) is 55.8 Å². The van der Waals surface area contributed by atoms with Crippen LogP contribution in [-0.4, -0.2) is 17.1 Å². The molecule has 0 bridgehead atoms. The molecule has 1 atom stereocenters. The summed E-state index contributed by atoms with van der Waals surface area (Å²) in [5.74, 6) is -1.04. The Kier molecular flexibility index (Phi) is 6.05. The summed E-state index contributed by atoms with van der Waals surface area (Å²) in [6, 6.07) is 16.6. The van der Waals surface area contributed by atoms with Gasteiger partial charge in [0, 0.05) is 14.6 Å². The first-order valence-electron chi connectivity index (χ1n) is 7.85. The molecule has 5 nitrogen and oxygen atoms in total. The fourth-order valence-corrected chi connectivity index (χ4v) is 4.73. The van der Waals surface area contributed by atoms with E-state index in [1.807, 2.05) is 30.3 Å². The zero-order valence-electron chi connectivity index (χ0n) is 13.9. The molecule has 8 heteroatoms. The Bertz CT molecular complexity index is 983. The molecule has 136 valence electrons. The molecule has 1 aliphatic rings. The van der Waals surface area contributed by atoms with E-state index in [0.717, 1.165) is 14.5 Å². The van der Waals surface area contributed by atoms with Crippen molar-refractivity contribution in [3.05, 3.63) is 73.6 Å². The maximum absolute atomic E-state index is 13.1. The van der Waals surface area contributed by atoms with Crippen molar-refractivity contribution in [2.75, 3.05) is 4.90 Å². The van der Waals surface area contributed by atoms with Crippen LogP contribution in [0.2, 0.25) is 0 Å². The van der Waals surface area contributed by atoms with Gasteiger partial charge in [-0.2, -0.15) is 5.26 Å². The first-order chi connectivity index (χ1) is 12.9. The van der Waals surface area contributed by atoms with E-state index in [1.165, 1.54) is 16.7 Å². The summed E-state index contributed by atoms with van der Waals surface area (Å²) in [4.78, 5) is 26.3. The van der Waals surface area contributed by atoms with Crippen LogP contribution < -0.4 is 10.6 Å². The Morgan fingerprint density at radius 3 is 2.48 bits per heavy atom. The molecule has 0 radical (unpaired) electrons. The largest absolute Gasteiger partial charge is 0.365 e. The lowest BCUT2D eigenvalue weighted by molar-refractivity contribution is -0.117. The number of carbonyl (C=O) groups is 2. The summed E-state index contributed by atoms with van der Waals surface area (Å²) in [7, 11) is 0. The fourth-order valence-electron chi connectivity index (χ4n) is 2.70. The zero-order chi connectivity index (χ0) is 19.6. The van der Waals surface area contributed by atoms with Gasteiger partial charge in [-0.05, 0) is 48.4 Å². The normalized spacial score (nSPS) is 18.3. The van der Waals surface area contributed by atoms with E-state index in [2.05, 4.69) is 31.9 Å². The standard InChI is InChI=1S/C19H13Br2N3O2S/c20-12-4-6-14(7-5-12)24-18(26)16(9-11-2-1-3-13(21)8-11)27-19(24)15(10-22)17(23)25/h1-8,16H,9H2,(H2,23,25)/b19-15-/t16-/m0/s1. The number of amides is 2. The summed E-state index contributed by atoms with van der Waals surface area (Å²) in [6.45, 7) is 0. The van der Waals surface area contributed by atoms with E-state index in [0.29, 0.717) is 12.1 Å². The fraction of sp³-hybridized carbons (Fsp3) is 0.105. The minimum absolute atomic E-state index is 0.189. The molecule has 2 aromatic carbocycles. The molecule has 3 rings (SSSR count). The maximum Gasteiger partial charge on any atom is 0.262 e. The Balaban J connectivity index is 2.03. The van der Waals surface area contributed by atoms with Crippen LogP contribution in [0, 0.1) is 11.3 Å². The smallest absolute Gasteiger partial charge is 0.262 e. The van der Waals surface area contributed by atoms with E-state index < -0.39 is 11.2 Å². The summed E-state index contributed by atoms with van der Waals surface area (Å²) in [5, 5.41) is 9.21. The third-order valence-corrected chi connectivity index (χ3v) is 6.20. The second-order valence-corrected chi connectivity index (χ2v) is 8.77. The summed E-state index contributed by atoms with van der Waals surface area (Å²) >= 11 is 7.98. The maximum atomic E-state index is 13.1. The molecule has 2 amide bonds. The molecule has 1 aliphatic heterocycles. The summed E-state index contributed by atoms with van der Waals surface area (Å²) in [6.07, 6.45) is 0.469. The average molecular weight is 507 g/mol. The number of carbonyl (C=O) groups excluding carboxylic acids is 2. The highest BCUT2D eigenvalue weighted by atomic mass is 79.9. The van der Waals surface area contributed by atoms with Gasteiger partial charge >= 0.3 is 0 Å². The Morgan fingerprint density at radius 2 is 1.89 bits per heavy atom. The molecule has 0 spiro atoms. The summed E-state index contributed by atoms with van der Waals surface area (Å²) < 4.78 is 1.78. The lowest BCUT2D eigenvalue weighted by Gasteiger charge is -2.18. The number of nitriles is 1. The number of primary amides is 1. The molecular formula is C19H13Br2N3O2S. The molecule has 1 heterocycles. The Hall–Kier alpha value is -2.08. The predicted molar refractivity (Wildman–Crippen MR) is 113 cm³/mol. The average Bonchev–Trinajstić information content (AvgIpc) is 2.92. The van der Waals surface area contributed by atoms with Crippen molar-refractivity contribution in [2.45, 2.75) is 11.7 Å². The Labute approximate surface area is 177 Å². The molecular weight excluding hydrogens is 494 g/mol. The van der Waals surface area contributed by atoms with Crippen LogP contribution in [0.25, 0.3) is 0 Å². The van der Waals surface area contributed by atoms with E-state index in [-0.39, 0.29) is 16.5 Å². The van der Waals surface area contributed by atoms with Crippen molar-refractivity contribution in [3.63, 3.8) is 0 Å². The first-order valence-corrected chi connectivity index (χ1v) is 10.3. The molecule has 0 aliphatic carbocycles. The number of thioether (sulfide) groups is 1. The highest BCUT2D eigenvalue weighted by Crippen LogP contribution is 2.42. The minimum atomic E-state index is -0.849. The number of rotatable bonds is 4. The van der Waals surface area contributed by atoms with Gasteiger partial charge in [0.1, 0.15) is 16.7 Å². The number of halogens is 2. The van der Waals surface area contributed by atoms with Gasteiger partial charge < -0.3 is 5.73 Å². The molecule has 27 heavy (non-hydrogen) atoms. The Morgan fingerprint density at radius 1 is 1.19 bits per heavy atom. The van der Waals surface area contributed by atoms with Crippen molar-refractivity contribution in [1.29, 1.82) is 5.26 Å². The second-order valence-electron chi connectivity index (χ2n) is 5.75. The predicted octanol–water partition coefficient (Wildman–Crippen LogP) is 4.12. The lowest BCUT2D eigenvalue weighted by atomic mass is 10.1. The summed E-state index contributed by atoms with van der Waals surface area (Å²) in [5.41, 5.74) is 6.71. The monoisotopic (exact) mass is 505 g/mol. The third-order valence-electron chi connectivity index (χ3n) is 3.92. The van der Waals surface area contributed by atoms with E-state index in [9.17, 15) is 14.9 Å². The van der Waals surface area contributed by atoms with E-state index >= 15 is 0 Å². The van der Waals surface area contributed by atoms with Crippen LogP contribution in [0.3, 0.4) is 0 Å². The van der Waals surface area contributed by atoms with Crippen LogP contribution in [0.4, 0.5) is 5.69 Å². The van der Waals surface area contributed by atoms with E-state index in [4.69, 9.17) is 5.73 Å². The van der Waals surface area contributed by atoms with Gasteiger partial charge in [-0.25, -0.2) is 0 Å². The molecule has 0 unspecified atom stereocenters. The SMILES string of the molecule is N#C/C(C(N)=O)=C1/S[C@@H](Cc2cccc(Br)c2)C(=O)N1c1ccc(Br)cc1. The van der Waals surface area contributed by atoms with Crippen LogP contribution in [0.5, 0.6) is 0 Å². The van der Waals surface area contributed by atoms with Gasteiger partial charge in [-0.3, -0.25) is 14.5 Å². The first kappa shape index (κ1) is 19.7. The second kappa shape index (κ2) is 8.30. The topological polar surface area (TPSA) is 87.2 Å². The van der Waals surface area contributed by atoms with Gasteiger partial charge in [0.15, 0.2) is 0 Å². The number of benzene rings is 2. The van der Waals surface area contributed by atoms with Crippen LogP contribution in [0.15, 0.2) is 68.1 Å². The minimum Gasteiger partial charge on any atom is -0.365 e. The highest BCUT2D eigenvalue weighted by molar-refractivity contribution is 9.10. The number of hydrogen-bond donors (Lipinski definition) is 1. The number of anilines is 1. The third kappa shape index (κ3) is 4.26. The molecule has 1 saturated heterocycles. The van der Waals surface area contributed by atoms with E-state index in [1.54, 1.807) is 24.3 Å². The van der Waals surface area contributed by atoms with Gasteiger partial charge in [0.2, 0.25) is 5.91 Å². The molecule has 2 aromatic rings. The molecule has 1 fully saturated rings. The highest BCUT2D eigenvalue weighted by Gasteiger charge is 2.40. The number of hydrogen-bond acceptors (Lipinski definition) is 4. The quantitative estimate of drug-likeness (QED) is 0.499. The molecule has 0 saturated carbocycles. The van der Waals surface area contributed by atoms with Crippen molar-refractivity contribution >= 4 is 61.1 Å². The van der Waals surface area contributed by atoms with Crippen molar-refractivity contribution in [3.8, 4) is 6.07 Å². The lowest BCUT2D eigenvalue weighted by Crippen LogP contribution is -2.31. The van der Waals surface area contributed by atoms with Crippen molar-refractivity contribution < 1.29 is 9.59 Å². The van der Waals surface area contributed by atoms with Crippen molar-refractivity contribution in [1.82, 2.24) is 0 Å². The van der Waals surface area contributed by atoms with Crippen molar-refractivity contribution in [2.24, 2.45) is 5.73 Å². The van der Waals surface area contributed by atoms with Crippen LogP contribution in [0.1, 0.15) is 5.56 Å². The number of nitrogens with two attached hydrogens (primary N) is 1. The van der Waals surface area contributed by atoms with Crippen LogP contribution in [-0.2, 0) is 16.0 Å². The van der Waals surface area contributed by atoms with Gasteiger partial charge in [0.05, 0.1) is 5.25 Å². The number of nitrogens with zero attached hydrogens (tertiary/aromatic N) is 2. The zero-order valence-corrected chi connectivity index (χ0v) is 17.8. The molecule has 0 aromatic heterocycles.